The van der Waals surface area contributed by atoms with Gasteiger partial charge in [-0.05, 0) is 123 Å². The summed E-state index contributed by atoms with van der Waals surface area (Å²) in [4.78, 5) is 47.8. The Morgan fingerprint density at radius 2 is 1.40 bits per heavy atom. The lowest BCUT2D eigenvalue weighted by Crippen LogP contribution is -2.54. The van der Waals surface area contributed by atoms with Crippen LogP contribution in [0.1, 0.15) is 111 Å². The van der Waals surface area contributed by atoms with Crippen LogP contribution in [0.15, 0.2) is 0 Å². The fourth-order valence-electron chi connectivity index (χ4n) is 11.0. The highest BCUT2D eigenvalue weighted by Gasteiger charge is 2.60. The van der Waals surface area contributed by atoms with E-state index in [1.807, 2.05) is 0 Å². The molecule has 4 aliphatic rings. The number of ether oxygens (including phenoxy) is 4. The van der Waals surface area contributed by atoms with Crippen molar-refractivity contribution in [3.8, 4) is 0 Å². The lowest BCUT2D eigenvalue weighted by Gasteiger charge is -2.61. The van der Waals surface area contributed by atoms with Gasteiger partial charge in [-0.15, -0.1) is 0 Å². The SMILES string of the molecule is C[C@H](CCC(=O)O)[C@H]1CC[C@H]2[C@@H]3CC[C@@H]4C[C@H](OC(=O)CCNC(=O)NCCCOCCOCCOCCCNC(=O)[C@@H](N)CS)CC[C@]4(C)[C@H]3CC[C@]12C. The molecule has 4 fully saturated rings. The third kappa shape index (κ3) is 13.2. The highest BCUT2D eigenvalue weighted by atomic mass is 32.1. The third-order valence-electron chi connectivity index (χ3n) is 13.9. The van der Waals surface area contributed by atoms with E-state index in [4.69, 9.17) is 24.7 Å². The summed E-state index contributed by atoms with van der Waals surface area (Å²) in [6.45, 7) is 11.4. The Morgan fingerprint density at radius 3 is 2.07 bits per heavy atom. The molecule has 0 saturated heterocycles. The number of carboxylic acid groups (broad SMARTS) is 1. The van der Waals surface area contributed by atoms with E-state index >= 15 is 0 Å². The van der Waals surface area contributed by atoms with Gasteiger partial charge in [0.15, 0.2) is 0 Å². The van der Waals surface area contributed by atoms with Crippen LogP contribution >= 0.6 is 12.6 Å². The molecule has 4 aliphatic carbocycles. The van der Waals surface area contributed by atoms with E-state index < -0.39 is 12.0 Å². The number of amides is 3. The average molecular weight is 797 g/mol. The molecule has 0 unspecified atom stereocenters. The van der Waals surface area contributed by atoms with Gasteiger partial charge in [0.25, 0.3) is 0 Å². The zero-order valence-corrected chi connectivity index (χ0v) is 34.7. The molecule has 13 nitrogen and oxygen atoms in total. The number of carboxylic acids is 1. The number of hydrogen-bond donors (Lipinski definition) is 6. The van der Waals surface area contributed by atoms with Crippen LogP contribution in [0.3, 0.4) is 0 Å². The molecule has 0 aliphatic heterocycles. The number of nitrogens with two attached hydrogens (primary N) is 1. The zero-order valence-electron chi connectivity index (χ0n) is 33.8. The van der Waals surface area contributed by atoms with E-state index in [9.17, 15) is 24.3 Å². The van der Waals surface area contributed by atoms with Crippen LogP contribution in [0, 0.1) is 46.3 Å². The Labute approximate surface area is 334 Å². The Bertz CT molecular complexity index is 1230. The maximum Gasteiger partial charge on any atom is 0.314 e. The van der Waals surface area contributed by atoms with Crippen molar-refractivity contribution in [1.82, 2.24) is 16.0 Å². The number of nitrogens with one attached hydrogen (secondary N) is 3. The van der Waals surface area contributed by atoms with Gasteiger partial charge in [-0.3, -0.25) is 14.4 Å². The Hall–Kier alpha value is -2.13. The maximum absolute atomic E-state index is 12.8. The monoisotopic (exact) mass is 797 g/mol. The van der Waals surface area contributed by atoms with E-state index in [1.54, 1.807) is 0 Å². The first-order chi connectivity index (χ1) is 26.4. The van der Waals surface area contributed by atoms with E-state index in [2.05, 4.69) is 49.4 Å². The number of carbonyl (C=O) groups excluding carboxylic acids is 3. The van der Waals surface area contributed by atoms with Crippen molar-refractivity contribution in [2.24, 2.45) is 52.1 Å². The molecule has 0 bridgehead atoms. The minimum absolute atomic E-state index is 0.0463. The quantitative estimate of drug-likeness (QED) is 0.0444. The predicted octanol–water partition coefficient (Wildman–Crippen LogP) is 4.95. The van der Waals surface area contributed by atoms with Crippen LogP contribution in [0.5, 0.6) is 0 Å². The number of aliphatic carboxylic acids is 1. The highest BCUT2D eigenvalue weighted by Crippen LogP contribution is 2.68. The summed E-state index contributed by atoms with van der Waals surface area (Å²) in [5.74, 6) is 3.06. The molecule has 0 radical (unpaired) electrons. The molecule has 3 amide bonds. The highest BCUT2D eigenvalue weighted by molar-refractivity contribution is 7.80. The van der Waals surface area contributed by atoms with Crippen LogP contribution < -0.4 is 21.7 Å². The fraction of sp³-hybridized carbons (Fsp3) is 0.902. The second kappa shape index (κ2) is 22.7. The Kier molecular flexibility index (Phi) is 18.8. The van der Waals surface area contributed by atoms with Crippen LogP contribution in [-0.4, -0.2) is 106 Å². The molecule has 10 atom stereocenters. The van der Waals surface area contributed by atoms with Gasteiger partial charge in [0, 0.05) is 45.0 Å². The van der Waals surface area contributed by atoms with Crippen LogP contribution in [0.2, 0.25) is 0 Å². The van der Waals surface area contributed by atoms with Gasteiger partial charge in [-0.2, -0.15) is 12.6 Å². The molecule has 4 saturated carbocycles. The molecular formula is C41H72N4O9S. The van der Waals surface area contributed by atoms with Crippen LogP contribution in [-0.2, 0) is 33.3 Å². The second-order valence-electron chi connectivity index (χ2n) is 17.2. The van der Waals surface area contributed by atoms with Gasteiger partial charge >= 0.3 is 18.0 Å². The minimum Gasteiger partial charge on any atom is -0.481 e. The van der Waals surface area contributed by atoms with Crippen molar-refractivity contribution in [2.75, 3.05) is 65.0 Å². The standard InChI is InChI=1S/C41H72N4O9S/c1-28(6-11-36(46)47)32-9-10-33-31-8-7-29-26-30(12-15-40(29,2)34(31)13-16-41(32,33)3)54-37(48)14-19-45-39(50)44-18-5-21-52-23-25-53-24-22-51-20-4-17-43-38(49)35(42)27-55/h28-35,55H,4-27,42H2,1-3H3,(H,43,49)(H,46,47)(H2,44,45,50)/t28-,29-,30-,31+,32-,33+,34+,35+,40+,41-/m1/s1. The van der Waals surface area contributed by atoms with Gasteiger partial charge in [-0.25, -0.2) is 4.79 Å². The number of urea groups is 1. The average Bonchev–Trinajstić information content (AvgIpc) is 3.52. The number of rotatable bonds is 24. The molecule has 4 rings (SSSR count). The fourth-order valence-corrected chi connectivity index (χ4v) is 11.1. The van der Waals surface area contributed by atoms with E-state index in [1.165, 1.54) is 38.5 Å². The third-order valence-corrected chi connectivity index (χ3v) is 14.3. The van der Waals surface area contributed by atoms with Crippen molar-refractivity contribution < 1.29 is 43.2 Å². The number of carbonyl (C=O) groups is 4. The lowest BCUT2D eigenvalue weighted by atomic mass is 9.44. The van der Waals surface area contributed by atoms with Gasteiger partial charge in [0.2, 0.25) is 5.91 Å². The summed E-state index contributed by atoms with van der Waals surface area (Å²) in [6.07, 6.45) is 13.0. The maximum atomic E-state index is 12.8. The number of hydrogen-bond acceptors (Lipinski definition) is 10. The van der Waals surface area contributed by atoms with E-state index in [0.717, 1.165) is 43.4 Å². The van der Waals surface area contributed by atoms with Gasteiger partial charge < -0.3 is 45.7 Å². The summed E-state index contributed by atoms with van der Waals surface area (Å²) in [5.41, 5.74) is 6.21. The first-order valence-electron chi connectivity index (χ1n) is 21.2. The summed E-state index contributed by atoms with van der Waals surface area (Å²) in [6, 6.07) is -0.898. The molecule has 0 aromatic carbocycles. The van der Waals surface area contributed by atoms with Crippen molar-refractivity contribution in [3.05, 3.63) is 0 Å². The van der Waals surface area contributed by atoms with Crippen LogP contribution in [0.25, 0.3) is 0 Å². The number of esters is 1. The van der Waals surface area contributed by atoms with Crippen molar-refractivity contribution >= 4 is 36.5 Å². The van der Waals surface area contributed by atoms with Crippen molar-refractivity contribution in [1.29, 1.82) is 0 Å². The second-order valence-corrected chi connectivity index (χ2v) is 17.6. The molecule has 316 valence electrons. The van der Waals surface area contributed by atoms with E-state index in [-0.39, 0.29) is 43.4 Å². The molecular weight excluding hydrogens is 725 g/mol. The topological polar surface area (TPSA) is 188 Å². The Morgan fingerprint density at radius 1 is 0.782 bits per heavy atom. The van der Waals surface area contributed by atoms with Crippen molar-refractivity contribution in [2.45, 2.75) is 123 Å². The first kappa shape index (κ1) is 45.6. The predicted molar refractivity (Wildman–Crippen MR) is 214 cm³/mol. The molecule has 55 heavy (non-hydrogen) atoms. The largest absolute Gasteiger partial charge is 0.481 e. The van der Waals surface area contributed by atoms with Crippen molar-refractivity contribution in [3.63, 3.8) is 0 Å². The van der Waals surface area contributed by atoms with Gasteiger partial charge in [0.1, 0.15) is 6.10 Å². The molecule has 6 N–H and O–H groups in total. The minimum atomic E-state index is -0.680. The molecule has 0 aromatic heterocycles. The summed E-state index contributed by atoms with van der Waals surface area (Å²) in [7, 11) is 0. The first-order valence-corrected chi connectivity index (χ1v) is 21.8. The molecule has 0 spiro atoms. The summed E-state index contributed by atoms with van der Waals surface area (Å²) < 4.78 is 22.5. The van der Waals surface area contributed by atoms with Gasteiger partial charge in [-0.1, -0.05) is 20.8 Å². The summed E-state index contributed by atoms with van der Waals surface area (Å²) >= 11 is 4.00. The molecule has 0 aromatic rings. The smallest absolute Gasteiger partial charge is 0.314 e. The normalized spacial score (nSPS) is 30.9. The zero-order chi connectivity index (χ0) is 39.8. The molecule has 0 heterocycles. The number of thiol groups is 1. The summed E-state index contributed by atoms with van der Waals surface area (Å²) in [5, 5.41) is 17.6. The van der Waals surface area contributed by atoms with Gasteiger partial charge in [0.05, 0.1) is 38.9 Å². The van der Waals surface area contributed by atoms with Crippen LogP contribution in [0.4, 0.5) is 4.79 Å². The lowest BCUT2D eigenvalue weighted by molar-refractivity contribution is -0.162. The number of fused-ring (bicyclic) bond motifs is 5. The molecule has 14 heteroatoms. The van der Waals surface area contributed by atoms with E-state index in [0.29, 0.717) is 99.9 Å². The Balaban J connectivity index is 0.997.